The van der Waals surface area contributed by atoms with Crippen LogP contribution in [0.25, 0.3) is 0 Å². The maximum atomic E-state index is 10.6. The maximum absolute atomic E-state index is 10.6. The van der Waals surface area contributed by atoms with E-state index in [0.717, 1.165) is 12.8 Å². The first-order valence-electron chi connectivity index (χ1n) is 5.89. The van der Waals surface area contributed by atoms with Crippen LogP contribution in [0.1, 0.15) is 64.7 Å². The molecule has 0 aliphatic heterocycles. The van der Waals surface area contributed by atoms with Gasteiger partial charge in [0.25, 0.3) is 0 Å². The Morgan fingerprint density at radius 2 is 1.23 bits per heavy atom. The highest BCUT2D eigenvalue weighted by atomic mass is 16.3. The summed E-state index contributed by atoms with van der Waals surface area (Å²) in [4.78, 5) is 0. The van der Waals surface area contributed by atoms with Gasteiger partial charge in [-0.15, -0.1) is 0 Å². The molecule has 0 unspecified atom stereocenters. The van der Waals surface area contributed by atoms with Crippen molar-refractivity contribution in [2.75, 3.05) is 0 Å². The Morgan fingerprint density at radius 1 is 0.769 bits per heavy atom. The Labute approximate surface area is 81.5 Å². The molecule has 0 aromatic carbocycles. The summed E-state index contributed by atoms with van der Waals surface area (Å²) in [5.41, 5.74) is -0.0465. The summed E-state index contributed by atoms with van der Waals surface area (Å²) in [5, 5.41) is 10.6. The van der Waals surface area contributed by atoms with Gasteiger partial charge < -0.3 is 5.11 Å². The molecule has 2 fully saturated rings. The van der Waals surface area contributed by atoms with Crippen LogP contribution in [0.5, 0.6) is 0 Å². The van der Waals surface area contributed by atoms with Crippen molar-refractivity contribution in [3.8, 4) is 0 Å². The van der Waals surface area contributed by atoms with E-state index < -0.39 is 0 Å². The molecule has 13 heavy (non-hydrogen) atoms. The second kappa shape index (κ2) is 3.27. The summed E-state index contributed by atoms with van der Waals surface area (Å²) in [6.45, 7) is 2.32. The van der Waals surface area contributed by atoms with Crippen molar-refractivity contribution in [3.63, 3.8) is 0 Å². The quantitative estimate of drug-likeness (QED) is 0.660. The molecule has 76 valence electrons. The molecule has 2 rings (SSSR count). The fourth-order valence-corrected chi connectivity index (χ4v) is 3.36. The zero-order valence-corrected chi connectivity index (χ0v) is 8.81. The van der Waals surface area contributed by atoms with E-state index in [1.54, 1.807) is 0 Å². The zero-order chi connectivity index (χ0) is 9.36. The molecular formula is C12H22O. The van der Waals surface area contributed by atoms with Gasteiger partial charge in [0.05, 0.1) is 5.60 Å². The largest absolute Gasteiger partial charge is 0.389 e. The van der Waals surface area contributed by atoms with Crippen molar-refractivity contribution in [1.29, 1.82) is 0 Å². The lowest BCUT2D eigenvalue weighted by Crippen LogP contribution is -2.45. The molecule has 0 amide bonds. The van der Waals surface area contributed by atoms with Crippen molar-refractivity contribution >= 4 is 0 Å². The van der Waals surface area contributed by atoms with Gasteiger partial charge in [0, 0.05) is 0 Å². The van der Waals surface area contributed by atoms with Crippen LogP contribution in [0.15, 0.2) is 0 Å². The molecule has 0 saturated heterocycles. The molecular weight excluding hydrogens is 160 g/mol. The lowest BCUT2D eigenvalue weighted by molar-refractivity contribution is -0.0888. The summed E-state index contributed by atoms with van der Waals surface area (Å²) in [6.07, 6.45) is 11.2. The summed E-state index contributed by atoms with van der Waals surface area (Å²) < 4.78 is 0. The predicted octanol–water partition coefficient (Wildman–Crippen LogP) is 3.26. The molecule has 2 aliphatic carbocycles. The van der Waals surface area contributed by atoms with Gasteiger partial charge in [-0.3, -0.25) is 0 Å². The van der Waals surface area contributed by atoms with Crippen LogP contribution < -0.4 is 0 Å². The van der Waals surface area contributed by atoms with E-state index in [4.69, 9.17) is 0 Å². The molecule has 1 N–H and O–H groups in total. The third-order valence-electron chi connectivity index (χ3n) is 4.51. The standard InChI is InChI=1S/C12H22O/c1-11(7-3-2-4-8-11)12(13)9-5-6-10-12/h13H,2-10H2,1H3. The minimum Gasteiger partial charge on any atom is -0.389 e. The first kappa shape index (κ1) is 9.51. The summed E-state index contributed by atoms with van der Waals surface area (Å²) in [7, 11) is 0. The van der Waals surface area contributed by atoms with Gasteiger partial charge in [-0.2, -0.15) is 0 Å². The Balaban J connectivity index is 2.11. The molecule has 1 nitrogen and oxygen atoms in total. The second-order valence-electron chi connectivity index (χ2n) is 5.36. The van der Waals surface area contributed by atoms with E-state index in [1.807, 2.05) is 0 Å². The molecule has 0 spiro atoms. The number of hydrogen-bond donors (Lipinski definition) is 1. The van der Waals surface area contributed by atoms with E-state index in [9.17, 15) is 5.11 Å². The lowest BCUT2D eigenvalue weighted by atomic mass is 9.64. The van der Waals surface area contributed by atoms with Gasteiger partial charge in [-0.05, 0) is 31.1 Å². The van der Waals surface area contributed by atoms with Crippen molar-refractivity contribution in [3.05, 3.63) is 0 Å². The Bertz CT molecular complexity index is 174. The topological polar surface area (TPSA) is 20.2 Å². The first-order valence-corrected chi connectivity index (χ1v) is 5.89. The van der Waals surface area contributed by atoms with Crippen LogP contribution >= 0.6 is 0 Å². The van der Waals surface area contributed by atoms with E-state index in [1.165, 1.54) is 44.9 Å². The monoisotopic (exact) mass is 182 g/mol. The van der Waals surface area contributed by atoms with E-state index >= 15 is 0 Å². The van der Waals surface area contributed by atoms with Gasteiger partial charge in [-0.25, -0.2) is 0 Å². The second-order valence-corrected chi connectivity index (χ2v) is 5.36. The average Bonchev–Trinajstić information content (AvgIpc) is 2.55. The van der Waals surface area contributed by atoms with E-state index in [0.29, 0.717) is 0 Å². The molecule has 2 saturated carbocycles. The lowest BCUT2D eigenvalue weighted by Gasteiger charge is -2.45. The fourth-order valence-electron chi connectivity index (χ4n) is 3.36. The third kappa shape index (κ3) is 1.52. The summed E-state index contributed by atoms with van der Waals surface area (Å²) in [5.74, 6) is 0. The van der Waals surface area contributed by atoms with Crippen LogP contribution in [0.4, 0.5) is 0 Å². The van der Waals surface area contributed by atoms with E-state index in [2.05, 4.69) is 6.92 Å². The summed E-state index contributed by atoms with van der Waals surface area (Å²) >= 11 is 0. The van der Waals surface area contributed by atoms with Gasteiger partial charge >= 0.3 is 0 Å². The highest BCUT2D eigenvalue weighted by Crippen LogP contribution is 2.51. The number of aliphatic hydroxyl groups is 1. The smallest absolute Gasteiger partial charge is 0.0701 e. The average molecular weight is 182 g/mol. The number of hydrogen-bond acceptors (Lipinski definition) is 1. The third-order valence-corrected chi connectivity index (χ3v) is 4.51. The minimum absolute atomic E-state index is 0.252. The summed E-state index contributed by atoms with van der Waals surface area (Å²) in [6, 6.07) is 0. The van der Waals surface area contributed by atoms with Crippen LogP contribution in [0.3, 0.4) is 0 Å². The van der Waals surface area contributed by atoms with Crippen molar-refractivity contribution < 1.29 is 5.11 Å². The van der Waals surface area contributed by atoms with Crippen molar-refractivity contribution in [2.45, 2.75) is 70.3 Å². The molecule has 0 radical (unpaired) electrons. The SMILES string of the molecule is CC1(C2(O)CCCC2)CCCCC1. The van der Waals surface area contributed by atoms with Crippen molar-refractivity contribution in [2.24, 2.45) is 5.41 Å². The molecule has 0 heterocycles. The van der Waals surface area contributed by atoms with Gasteiger partial charge in [0.15, 0.2) is 0 Å². The van der Waals surface area contributed by atoms with Crippen LogP contribution in [0.2, 0.25) is 0 Å². The minimum atomic E-state index is -0.298. The van der Waals surface area contributed by atoms with Gasteiger partial charge in [0.1, 0.15) is 0 Å². The normalized spacial score (nSPS) is 31.8. The van der Waals surface area contributed by atoms with Crippen LogP contribution in [-0.2, 0) is 0 Å². The fraction of sp³-hybridized carbons (Fsp3) is 1.00. The molecule has 0 bridgehead atoms. The van der Waals surface area contributed by atoms with Gasteiger partial charge in [0.2, 0.25) is 0 Å². The number of rotatable bonds is 1. The van der Waals surface area contributed by atoms with E-state index in [-0.39, 0.29) is 11.0 Å². The van der Waals surface area contributed by atoms with Crippen molar-refractivity contribution in [1.82, 2.24) is 0 Å². The molecule has 0 aromatic rings. The highest BCUT2D eigenvalue weighted by molar-refractivity contribution is 5.00. The zero-order valence-electron chi connectivity index (χ0n) is 8.81. The predicted molar refractivity (Wildman–Crippen MR) is 54.6 cm³/mol. The molecule has 0 atom stereocenters. The van der Waals surface area contributed by atoms with Gasteiger partial charge in [-0.1, -0.05) is 39.0 Å². The Morgan fingerprint density at radius 3 is 1.77 bits per heavy atom. The molecule has 2 aliphatic rings. The molecule has 0 aromatic heterocycles. The first-order chi connectivity index (χ1) is 6.16. The molecule has 1 heteroatoms. The highest BCUT2D eigenvalue weighted by Gasteiger charge is 2.48. The van der Waals surface area contributed by atoms with Crippen LogP contribution in [-0.4, -0.2) is 10.7 Å². The van der Waals surface area contributed by atoms with Crippen LogP contribution in [0, 0.1) is 5.41 Å². The maximum Gasteiger partial charge on any atom is 0.0701 e. The Hall–Kier alpha value is -0.0400. The Kier molecular flexibility index (Phi) is 2.39.